The number of sulfonamides is 1. The summed E-state index contributed by atoms with van der Waals surface area (Å²) in [5, 5.41) is 0.514. The van der Waals surface area contributed by atoms with Gasteiger partial charge in [-0.1, -0.05) is 41.9 Å². The first-order valence-electron chi connectivity index (χ1n) is 9.83. The van der Waals surface area contributed by atoms with Gasteiger partial charge in [0.1, 0.15) is 4.90 Å². The minimum absolute atomic E-state index is 0.0284. The van der Waals surface area contributed by atoms with Crippen molar-refractivity contribution < 1.29 is 22.7 Å². The molecule has 0 aliphatic rings. The molecule has 0 saturated carbocycles. The number of benzene rings is 3. The zero-order valence-corrected chi connectivity index (χ0v) is 19.3. The van der Waals surface area contributed by atoms with Crippen molar-refractivity contribution in [2.45, 2.75) is 11.8 Å². The second kappa shape index (κ2) is 8.73. The molecule has 0 atom stereocenters. The van der Waals surface area contributed by atoms with E-state index in [9.17, 15) is 18.0 Å². The lowest BCUT2D eigenvalue weighted by molar-refractivity contribution is 0.0603. The lowest BCUT2D eigenvalue weighted by Gasteiger charge is -2.12. The Morgan fingerprint density at radius 3 is 2.48 bits per heavy atom. The van der Waals surface area contributed by atoms with E-state index in [1.165, 1.54) is 36.1 Å². The van der Waals surface area contributed by atoms with Crippen molar-refractivity contribution in [3.05, 3.63) is 94.6 Å². The number of aryl methyl sites for hydroxylation is 1. The van der Waals surface area contributed by atoms with Gasteiger partial charge in [0.2, 0.25) is 0 Å². The number of nitrogens with one attached hydrogen (secondary N) is 1. The molecule has 168 valence electrons. The van der Waals surface area contributed by atoms with E-state index in [0.29, 0.717) is 16.6 Å². The summed E-state index contributed by atoms with van der Waals surface area (Å²) in [5.74, 6) is -1.11. The highest BCUT2D eigenvalue weighted by molar-refractivity contribution is 7.92. The van der Waals surface area contributed by atoms with Crippen LogP contribution in [0.1, 0.15) is 26.3 Å². The highest BCUT2D eigenvalue weighted by atomic mass is 35.5. The molecular weight excluding hydrogens is 464 g/mol. The van der Waals surface area contributed by atoms with Crippen LogP contribution in [0.4, 0.5) is 5.69 Å². The van der Waals surface area contributed by atoms with Crippen LogP contribution in [0.5, 0.6) is 0 Å². The Hall–Kier alpha value is -3.62. The van der Waals surface area contributed by atoms with Crippen LogP contribution in [0.25, 0.3) is 10.9 Å². The van der Waals surface area contributed by atoms with E-state index >= 15 is 0 Å². The molecule has 7 nitrogen and oxygen atoms in total. The third-order valence-corrected chi connectivity index (χ3v) is 6.94. The Kier molecular flexibility index (Phi) is 5.97. The van der Waals surface area contributed by atoms with Gasteiger partial charge in [0, 0.05) is 22.8 Å². The molecule has 4 aromatic rings. The fraction of sp³-hybridized carbons (Fsp3) is 0.0833. The van der Waals surface area contributed by atoms with Crippen LogP contribution in [-0.4, -0.2) is 32.0 Å². The standard InChI is InChI=1S/C24H19ClN2O5S/c1-15-6-5-7-17(12-15)26-33(30,31)22-13-16(10-11-20(22)25)23(28)27-14-19(24(29)32-2)18-8-3-4-9-21(18)27/h3-14,26H,1-2H3. The summed E-state index contributed by atoms with van der Waals surface area (Å²) in [6, 6.07) is 17.7. The number of carbonyl (C=O) groups is 2. The predicted molar refractivity (Wildman–Crippen MR) is 126 cm³/mol. The van der Waals surface area contributed by atoms with Crippen LogP contribution in [0.2, 0.25) is 5.02 Å². The predicted octanol–water partition coefficient (Wildman–Crippen LogP) is 4.88. The van der Waals surface area contributed by atoms with Gasteiger partial charge in [-0.2, -0.15) is 0 Å². The van der Waals surface area contributed by atoms with Gasteiger partial charge in [0.15, 0.2) is 0 Å². The smallest absolute Gasteiger partial charge is 0.340 e. The number of nitrogens with zero attached hydrogens (tertiary/aromatic N) is 1. The van der Waals surface area contributed by atoms with Crippen molar-refractivity contribution in [3.8, 4) is 0 Å². The molecular formula is C24H19ClN2O5S. The maximum absolute atomic E-state index is 13.3. The third-order valence-electron chi connectivity index (χ3n) is 5.07. The van der Waals surface area contributed by atoms with Gasteiger partial charge >= 0.3 is 5.97 Å². The summed E-state index contributed by atoms with van der Waals surface area (Å²) < 4.78 is 34.6. The number of esters is 1. The molecule has 3 aromatic carbocycles. The highest BCUT2D eigenvalue weighted by Crippen LogP contribution is 2.28. The van der Waals surface area contributed by atoms with E-state index in [1.54, 1.807) is 42.5 Å². The summed E-state index contributed by atoms with van der Waals surface area (Å²) in [6.45, 7) is 1.84. The Bertz CT molecular complexity index is 1510. The van der Waals surface area contributed by atoms with Gasteiger partial charge in [-0.25, -0.2) is 13.2 Å². The molecule has 0 saturated heterocycles. The van der Waals surface area contributed by atoms with E-state index in [2.05, 4.69) is 4.72 Å². The van der Waals surface area contributed by atoms with Crippen LogP contribution in [0.15, 0.2) is 77.8 Å². The monoisotopic (exact) mass is 482 g/mol. The van der Waals surface area contributed by atoms with Crippen molar-refractivity contribution in [2.75, 3.05) is 11.8 Å². The van der Waals surface area contributed by atoms with Crippen LogP contribution < -0.4 is 4.72 Å². The minimum atomic E-state index is -4.07. The van der Waals surface area contributed by atoms with Crippen LogP contribution in [0.3, 0.4) is 0 Å². The van der Waals surface area contributed by atoms with Gasteiger partial charge in [0.25, 0.3) is 15.9 Å². The first-order chi connectivity index (χ1) is 15.7. The molecule has 1 aromatic heterocycles. The van der Waals surface area contributed by atoms with E-state index in [4.69, 9.17) is 16.3 Å². The summed E-state index contributed by atoms with van der Waals surface area (Å²) in [6.07, 6.45) is 1.38. The van der Waals surface area contributed by atoms with Gasteiger partial charge < -0.3 is 4.74 Å². The summed E-state index contributed by atoms with van der Waals surface area (Å²) in [4.78, 5) is 25.3. The minimum Gasteiger partial charge on any atom is -0.465 e. The largest absolute Gasteiger partial charge is 0.465 e. The number of rotatable bonds is 5. The van der Waals surface area contributed by atoms with Crippen molar-refractivity contribution in [1.82, 2.24) is 4.57 Å². The van der Waals surface area contributed by atoms with E-state index < -0.39 is 21.9 Å². The molecule has 1 N–H and O–H groups in total. The first-order valence-corrected chi connectivity index (χ1v) is 11.7. The van der Waals surface area contributed by atoms with Crippen LogP contribution >= 0.6 is 11.6 Å². The zero-order chi connectivity index (χ0) is 23.8. The van der Waals surface area contributed by atoms with Crippen molar-refractivity contribution in [1.29, 1.82) is 0 Å². The number of para-hydroxylation sites is 1. The third kappa shape index (κ3) is 4.35. The molecule has 0 amide bonds. The quantitative estimate of drug-likeness (QED) is 0.409. The molecule has 0 fully saturated rings. The number of ether oxygens (including phenoxy) is 1. The average molecular weight is 483 g/mol. The number of carbonyl (C=O) groups excluding carboxylic acids is 2. The summed E-state index contributed by atoms with van der Waals surface area (Å²) >= 11 is 6.19. The number of methoxy groups -OCH3 is 1. The second-order valence-corrected chi connectivity index (χ2v) is 9.40. The lowest BCUT2D eigenvalue weighted by atomic mass is 10.2. The van der Waals surface area contributed by atoms with Gasteiger partial charge in [-0.05, 0) is 48.9 Å². The SMILES string of the molecule is COC(=O)c1cn(C(=O)c2ccc(Cl)c(S(=O)(=O)Nc3cccc(C)c3)c2)c2ccccc12. The lowest BCUT2D eigenvalue weighted by Crippen LogP contribution is -2.16. The van der Waals surface area contributed by atoms with Crippen LogP contribution in [0, 0.1) is 6.92 Å². The van der Waals surface area contributed by atoms with Crippen molar-refractivity contribution in [2.24, 2.45) is 0 Å². The molecule has 9 heteroatoms. The zero-order valence-electron chi connectivity index (χ0n) is 17.7. The Morgan fingerprint density at radius 1 is 1.00 bits per heavy atom. The molecule has 0 aliphatic carbocycles. The number of fused-ring (bicyclic) bond motifs is 1. The maximum Gasteiger partial charge on any atom is 0.340 e. The number of halogens is 1. The number of hydrogen-bond acceptors (Lipinski definition) is 5. The fourth-order valence-electron chi connectivity index (χ4n) is 3.52. The van der Waals surface area contributed by atoms with Crippen molar-refractivity contribution in [3.63, 3.8) is 0 Å². The topological polar surface area (TPSA) is 94.5 Å². The highest BCUT2D eigenvalue weighted by Gasteiger charge is 2.23. The number of hydrogen-bond donors (Lipinski definition) is 1. The Morgan fingerprint density at radius 2 is 1.76 bits per heavy atom. The van der Waals surface area contributed by atoms with E-state index in [0.717, 1.165) is 5.56 Å². The maximum atomic E-state index is 13.3. The summed E-state index contributed by atoms with van der Waals surface area (Å²) in [5.41, 5.74) is 2.05. The van der Waals surface area contributed by atoms with Gasteiger partial charge in [-0.3, -0.25) is 14.1 Å². The molecule has 0 unspecified atom stereocenters. The Labute approximate surface area is 195 Å². The van der Waals surface area contributed by atoms with Gasteiger partial charge in [0.05, 0.1) is 23.2 Å². The van der Waals surface area contributed by atoms with Crippen LogP contribution in [-0.2, 0) is 14.8 Å². The normalized spacial score (nSPS) is 11.4. The molecule has 0 aliphatic heterocycles. The molecule has 0 bridgehead atoms. The summed E-state index contributed by atoms with van der Waals surface area (Å²) in [7, 11) is -2.81. The molecule has 0 spiro atoms. The van der Waals surface area contributed by atoms with E-state index in [-0.39, 0.29) is 21.0 Å². The molecule has 4 rings (SSSR count). The first kappa shape index (κ1) is 22.6. The number of aromatic nitrogens is 1. The fourth-order valence-corrected chi connectivity index (χ4v) is 5.10. The molecule has 33 heavy (non-hydrogen) atoms. The van der Waals surface area contributed by atoms with Gasteiger partial charge in [-0.15, -0.1) is 0 Å². The molecule has 1 heterocycles. The second-order valence-electron chi connectivity index (χ2n) is 7.35. The molecule has 0 radical (unpaired) electrons. The average Bonchev–Trinajstić information content (AvgIpc) is 3.18. The number of anilines is 1. The van der Waals surface area contributed by atoms with E-state index in [1.807, 2.05) is 13.0 Å². The Balaban J connectivity index is 1.77. The van der Waals surface area contributed by atoms with Crippen molar-refractivity contribution >= 4 is 50.1 Å².